The molecule has 0 saturated heterocycles. The maximum absolute atomic E-state index is 12.4. The molecular formula is C20H16ClN3O2. The molecule has 0 fully saturated rings. The quantitative estimate of drug-likeness (QED) is 0.712. The fourth-order valence-corrected chi connectivity index (χ4v) is 2.39. The second-order valence-corrected chi connectivity index (χ2v) is 6.15. The number of aryl methyl sites for hydroxylation is 1. The van der Waals surface area contributed by atoms with Gasteiger partial charge in [0.25, 0.3) is 11.8 Å². The van der Waals surface area contributed by atoms with Crippen LogP contribution in [0.4, 0.5) is 11.4 Å². The molecule has 26 heavy (non-hydrogen) atoms. The molecule has 130 valence electrons. The Hall–Kier alpha value is -3.18. The van der Waals surface area contributed by atoms with Gasteiger partial charge in [-0.1, -0.05) is 29.3 Å². The lowest BCUT2D eigenvalue weighted by Gasteiger charge is -2.08. The summed E-state index contributed by atoms with van der Waals surface area (Å²) < 4.78 is 0. The van der Waals surface area contributed by atoms with Crippen molar-refractivity contribution in [1.82, 2.24) is 4.98 Å². The second kappa shape index (κ2) is 7.80. The van der Waals surface area contributed by atoms with Gasteiger partial charge in [0.1, 0.15) is 5.69 Å². The Morgan fingerprint density at radius 2 is 1.42 bits per heavy atom. The summed E-state index contributed by atoms with van der Waals surface area (Å²) in [5, 5.41) is 6.09. The third kappa shape index (κ3) is 4.46. The Morgan fingerprint density at radius 3 is 2.08 bits per heavy atom. The summed E-state index contributed by atoms with van der Waals surface area (Å²) in [5.74, 6) is -0.714. The van der Waals surface area contributed by atoms with E-state index in [-0.39, 0.29) is 11.6 Å². The number of rotatable bonds is 4. The van der Waals surface area contributed by atoms with E-state index in [4.69, 9.17) is 11.6 Å². The lowest BCUT2D eigenvalue weighted by atomic mass is 10.2. The Morgan fingerprint density at radius 1 is 0.846 bits per heavy atom. The van der Waals surface area contributed by atoms with Crippen LogP contribution in [0.3, 0.4) is 0 Å². The highest BCUT2D eigenvalue weighted by molar-refractivity contribution is 6.30. The molecule has 0 atom stereocenters. The molecule has 0 saturated carbocycles. The van der Waals surface area contributed by atoms with E-state index in [1.54, 1.807) is 30.3 Å². The summed E-state index contributed by atoms with van der Waals surface area (Å²) in [5.41, 5.74) is 2.88. The molecule has 0 aliphatic rings. The van der Waals surface area contributed by atoms with Crippen molar-refractivity contribution in [2.75, 3.05) is 10.6 Å². The normalized spacial score (nSPS) is 10.2. The number of halogens is 1. The fourth-order valence-electron chi connectivity index (χ4n) is 2.26. The van der Waals surface area contributed by atoms with Gasteiger partial charge in [-0.3, -0.25) is 14.6 Å². The zero-order valence-corrected chi connectivity index (χ0v) is 14.7. The first-order valence-electron chi connectivity index (χ1n) is 7.92. The minimum atomic E-state index is -0.405. The van der Waals surface area contributed by atoms with Crippen LogP contribution in [0.2, 0.25) is 5.02 Å². The Bertz CT molecular complexity index is 863. The average Bonchev–Trinajstić information content (AvgIpc) is 2.65. The highest BCUT2D eigenvalue weighted by Crippen LogP contribution is 2.15. The van der Waals surface area contributed by atoms with Gasteiger partial charge >= 0.3 is 0 Å². The van der Waals surface area contributed by atoms with Gasteiger partial charge in [0.05, 0.1) is 0 Å². The standard InChI is InChI=1S/C20H16ClN3O2/c1-13-2-6-16(7-3-13)23-19(25)14-10-11-22-18(12-14)20(26)24-17-8-4-15(21)5-9-17/h2-12H,1H3,(H,23,25)(H,24,26). The van der Waals surface area contributed by atoms with Gasteiger partial charge in [0.2, 0.25) is 0 Å². The molecule has 0 aliphatic carbocycles. The van der Waals surface area contributed by atoms with Crippen molar-refractivity contribution >= 4 is 34.8 Å². The van der Waals surface area contributed by atoms with Gasteiger partial charge in [-0.25, -0.2) is 0 Å². The van der Waals surface area contributed by atoms with Crippen LogP contribution in [0.5, 0.6) is 0 Å². The topological polar surface area (TPSA) is 71.1 Å². The van der Waals surface area contributed by atoms with Crippen molar-refractivity contribution in [3.63, 3.8) is 0 Å². The van der Waals surface area contributed by atoms with Crippen molar-refractivity contribution < 1.29 is 9.59 Å². The first-order valence-corrected chi connectivity index (χ1v) is 8.30. The molecule has 0 radical (unpaired) electrons. The maximum Gasteiger partial charge on any atom is 0.274 e. The van der Waals surface area contributed by atoms with Gasteiger partial charge in [0, 0.05) is 28.2 Å². The predicted octanol–water partition coefficient (Wildman–Crippen LogP) is 4.55. The van der Waals surface area contributed by atoms with Gasteiger partial charge in [-0.15, -0.1) is 0 Å². The molecule has 2 amide bonds. The van der Waals surface area contributed by atoms with E-state index in [1.165, 1.54) is 12.3 Å². The smallest absolute Gasteiger partial charge is 0.274 e. The molecular weight excluding hydrogens is 350 g/mol. The third-order valence-electron chi connectivity index (χ3n) is 3.67. The van der Waals surface area contributed by atoms with E-state index < -0.39 is 5.91 Å². The number of carbonyl (C=O) groups is 2. The van der Waals surface area contributed by atoms with Crippen LogP contribution in [0.1, 0.15) is 26.4 Å². The summed E-state index contributed by atoms with van der Waals surface area (Å²) in [6.45, 7) is 1.97. The molecule has 0 bridgehead atoms. The summed E-state index contributed by atoms with van der Waals surface area (Å²) in [4.78, 5) is 28.8. The lowest BCUT2D eigenvalue weighted by molar-refractivity contribution is 0.102. The van der Waals surface area contributed by atoms with E-state index in [0.717, 1.165) is 5.56 Å². The number of aromatic nitrogens is 1. The molecule has 0 aliphatic heterocycles. The number of nitrogens with one attached hydrogen (secondary N) is 2. The summed E-state index contributed by atoms with van der Waals surface area (Å²) in [7, 11) is 0. The fraction of sp³-hybridized carbons (Fsp3) is 0.0500. The lowest BCUT2D eigenvalue weighted by Crippen LogP contribution is -2.17. The number of benzene rings is 2. The zero-order chi connectivity index (χ0) is 18.5. The average molecular weight is 366 g/mol. The highest BCUT2D eigenvalue weighted by Gasteiger charge is 2.12. The minimum absolute atomic E-state index is 0.150. The summed E-state index contributed by atoms with van der Waals surface area (Å²) in [6.07, 6.45) is 1.43. The van der Waals surface area contributed by atoms with Crippen molar-refractivity contribution in [3.8, 4) is 0 Å². The van der Waals surface area contributed by atoms with Crippen LogP contribution in [0.15, 0.2) is 66.9 Å². The molecule has 2 aromatic carbocycles. The number of anilines is 2. The van der Waals surface area contributed by atoms with Crippen molar-refractivity contribution in [2.24, 2.45) is 0 Å². The maximum atomic E-state index is 12.4. The molecule has 0 spiro atoms. The van der Waals surface area contributed by atoms with Crippen LogP contribution in [0, 0.1) is 6.92 Å². The van der Waals surface area contributed by atoms with E-state index in [0.29, 0.717) is 22.0 Å². The van der Waals surface area contributed by atoms with Crippen LogP contribution in [0.25, 0.3) is 0 Å². The Labute approximate surface area is 156 Å². The summed E-state index contributed by atoms with van der Waals surface area (Å²) in [6, 6.07) is 17.2. The van der Waals surface area contributed by atoms with Crippen LogP contribution >= 0.6 is 11.6 Å². The number of carbonyl (C=O) groups excluding carboxylic acids is 2. The van der Waals surface area contributed by atoms with Crippen molar-refractivity contribution in [3.05, 3.63) is 88.7 Å². The van der Waals surface area contributed by atoms with Gasteiger partial charge in [0.15, 0.2) is 0 Å². The first kappa shape index (κ1) is 17.6. The molecule has 1 heterocycles. The molecule has 3 aromatic rings. The zero-order valence-electron chi connectivity index (χ0n) is 14.0. The first-order chi connectivity index (χ1) is 12.5. The number of nitrogens with zero attached hydrogens (tertiary/aromatic N) is 1. The Kier molecular flexibility index (Phi) is 5.29. The monoisotopic (exact) mass is 365 g/mol. The highest BCUT2D eigenvalue weighted by atomic mass is 35.5. The molecule has 0 unspecified atom stereocenters. The minimum Gasteiger partial charge on any atom is -0.322 e. The SMILES string of the molecule is Cc1ccc(NC(=O)c2ccnc(C(=O)Nc3ccc(Cl)cc3)c2)cc1. The largest absolute Gasteiger partial charge is 0.322 e. The van der Waals surface area contributed by atoms with Crippen LogP contribution in [-0.2, 0) is 0 Å². The molecule has 2 N–H and O–H groups in total. The van der Waals surface area contributed by atoms with Crippen LogP contribution < -0.4 is 10.6 Å². The predicted molar refractivity (Wildman–Crippen MR) is 103 cm³/mol. The molecule has 1 aromatic heterocycles. The molecule has 5 nitrogen and oxygen atoms in total. The second-order valence-electron chi connectivity index (χ2n) is 5.71. The number of amides is 2. The van der Waals surface area contributed by atoms with Crippen molar-refractivity contribution in [2.45, 2.75) is 6.92 Å². The van der Waals surface area contributed by atoms with E-state index in [9.17, 15) is 9.59 Å². The van der Waals surface area contributed by atoms with E-state index in [2.05, 4.69) is 15.6 Å². The van der Waals surface area contributed by atoms with E-state index in [1.807, 2.05) is 31.2 Å². The summed E-state index contributed by atoms with van der Waals surface area (Å²) >= 11 is 5.83. The van der Waals surface area contributed by atoms with Gasteiger partial charge in [-0.05, 0) is 55.5 Å². The number of hydrogen-bond acceptors (Lipinski definition) is 3. The third-order valence-corrected chi connectivity index (χ3v) is 3.92. The van der Waals surface area contributed by atoms with Gasteiger partial charge < -0.3 is 10.6 Å². The number of hydrogen-bond donors (Lipinski definition) is 2. The number of pyridine rings is 1. The van der Waals surface area contributed by atoms with Crippen LogP contribution in [-0.4, -0.2) is 16.8 Å². The molecule has 6 heteroatoms. The molecule has 3 rings (SSSR count). The van der Waals surface area contributed by atoms with Gasteiger partial charge in [-0.2, -0.15) is 0 Å². The Balaban J connectivity index is 1.72. The van der Waals surface area contributed by atoms with E-state index >= 15 is 0 Å². The van der Waals surface area contributed by atoms with Crippen molar-refractivity contribution in [1.29, 1.82) is 0 Å².